The zero-order chi connectivity index (χ0) is 14.7. The number of halogens is 1. The first-order valence-corrected chi connectivity index (χ1v) is 7.04. The summed E-state index contributed by atoms with van der Waals surface area (Å²) in [5, 5.41) is 14.1. The molecule has 0 aliphatic carbocycles. The summed E-state index contributed by atoms with van der Waals surface area (Å²) >= 11 is 3.50. The Labute approximate surface area is 126 Å². The lowest BCUT2D eigenvalue weighted by molar-refractivity contribution is -0.384. The number of non-ortho nitro benzene ring substituents is 1. The van der Waals surface area contributed by atoms with Crippen LogP contribution >= 0.6 is 15.9 Å². The molecule has 2 aromatic carbocycles. The first-order chi connectivity index (χ1) is 9.49. The Morgan fingerprint density at radius 3 is 2.45 bits per heavy atom. The average Bonchev–Trinajstić information content (AvgIpc) is 2.44. The van der Waals surface area contributed by atoms with E-state index in [0.717, 1.165) is 21.3 Å². The van der Waals surface area contributed by atoms with Crippen molar-refractivity contribution in [3.8, 4) is 0 Å². The molecule has 0 amide bonds. The van der Waals surface area contributed by atoms with Gasteiger partial charge in [0.25, 0.3) is 5.69 Å². The lowest BCUT2D eigenvalue weighted by atomic mass is 10.1. The van der Waals surface area contributed by atoms with E-state index in [4.69, 9.17) is 0 Å². The third-order valence-corrected chi connectivity index (χ3v) is 4.10. The van der Waals surface area contributed by atoms with Gasteiger partial charge in [-0.1, -0.05) is 34.1 Å². The number of nitrogens with zero attached hydrogens (tertiary/aromatic N) is 1. The van der Waals surface area contributed by atoms with Gasteiger partial charge >= 0.3 is 0 Å². The molecule has 0 radical (unpaired) electrons. The second-order valence-electron chi connectivity index (χ2n) is 4.63. The molecule has 1 atom stereocenters. The summed E-state index contributed by atoms with van der Waals surface area (Å²) in [5.41, 5.74) is 3.31. The highest BCUT2D eigenvalue weighted by molar-refractivity contribution is 9.10. The van der Waals surface area contributed by atoms with E-state index >= 15 is 0 Å². The standard InChI is InChI=1S/C15H15BrN2O2/c1-10-14(16)4-3-5-15(10)17-11(2)12-6-8-13(9-7-12)18(19)20/h3-9,11,17H,1-2H3. The molecule has 0 aliphatic heterocycles. The number of nitro groups is 1. The summed E-state index contributed by atoms with van der Waals surface area (Å²) in [4.78, 5) is 10.3. The number of hydrogen-bond acceptors (Lipinski definition) is 3. The minimum Gasteiger partial charge on any atom is -0.378 e. The van der Waals surface area contributed by atoms with E-state index in [1.54, 1.807) is 12.1 Å². The fraction of sp³-hybridized carbons (Fsp3) is 0.200. The maximum atomic E-state index is 10.6. The van der Waals surface area contributed by atoms with Crippen LogP contribution in [0.25, 0.3) is 0 Å². The second kappa shape index (κ2) is 6.05. The molecule has 4 nitrogen and oxygen atoms in total. The van der Waals surface area contributed by atoms with Crippen molar-refractivity contribution >= 4 is 27.3 Å². The van der Waals surface area contributed by atoms with E-state index in [0.29, 0.717) is 0 Å². The van der Waals surface area contributed by atoms with E-state index < -0.39 is 0 Å². The second-order valence-corrected chi connectivity index (χ2v) is 5.48. The summed E-state index contributed by atoms with van der Waals surface area (Å²) in [6, 6.07) is 12.7. The topological polar surface area (TPSA) is 55.2 Å². The van der Waals surface area contributed by atoms with Crippen molar-refractivity contribution in [3.63, 3.8) is 0 Å². The lowest BCUT2D eigenvalue weighted by Gasteiger charge is -2.18. The fourth-order valence-corrected chi connectivity index (χ4v) is 2.33. The molecule has 0 aromatic heterocycles. The van der Waals surface area contributed by atoms with Crippen LogP contribution in [0.4, 0.5) is 11.4 Å². The highest BCUT2D eigenvalue weighted by atomic mass is 79.9. The van der Waals surface area contributed by atoms with Gasteiger partial charge in [0.2, 0.25) is 0 Å². The van der Waals surface area contributed by atoms with E-state index in [-0.39, 0.29) is 16.7 Å². The Kier molecular flexibility index (Phi) is 4.39. The first-order valence-electron chi connectivity index (χ1n) is 6.25. The molecule has 0 heterocycles. The minimum atomic E-state index is -0.389. The Hall–Kier alpha value is -1.88. The van der Waals surface area contributed by atoms with Gasteiger partial charge in [0.05, 0.1) is 4.92 Å². The van der Waals surface area contributed by atoms with Gasteiger partial charge in [0, 0.05) is 28.3 Å². The molecule has 0 bridgehead atoms. The third-order valence-electron chi connectivity index (χ3n) is 3.24. The van der Waals surface area contributed by atoms with Crippen LogP contribution in [0, 0.1) is 17.0 Å². The predicted octanol–water partition coefficient (Wildman–Crippen LogP) is 4.84. The molecule has 0 spiro atoms. The smallest absolute Gasteiger partial charge is 0.269 e. The zero-order valence-electron chi connectivity index (χ0n) is 11.3. The van der Waals surface area contributed by atoms with Gasteiger partial charge in [0.15, 0.2) is 0 Å². The maximum absolute atomic E-state index is 10.6. The Morgan fingerprint density at radius 1 is 1.20 bits per heavy atom. The summed E-state index contributed by atoms with van der Waals surface area (Å²) in [6.45, 7) is 4.07. The summed E-state index contributed by atoms with van der Waals surface area (Å²) in [6.07, 6.45) is 0. The predicted molar refractivity (Wildman–Crippen MR) is 84.0 cm³/mol. The Morgan fingerprint density at radius 2 is 1.85 bits per heavy atom. The van der Waals surface area contributed by atoms with Gasteiger partial charge in [-0.15, -0.1) is 0 Å². The number of nitro benzene ring substituents is 1. The van der Waals surface area contributed by atoms with Gasteiger partial charge in [-0.05, 0) is 37.1 Å². The van der Waals surface area contributed by atoms with Gasteiger partial charge in [-0.2, -0.15) is 0 Å². The minimum absolute atomic E-state index is 0.0730. The molecule has 2 aromatic rings. The molecule has 0 saturated carbocycles. The van der Waals surface area contributed by atoms with Crippen molar-refractivity contribution in [2.75, 3.05) is 5.32 Å². The molecule has 1 unspecified atom stereocenters. The molecule has 104 valence electrons. The van der Waals surface area contributed by atoms with Crippen LogP contribution in [-0.2, 0) is 0 Å². The fourth-order valence-electron chi connectivity index (χ4n) is 1.97. The first kappa shape index (κ1) is 14.5. The molecule has 20 heavy (non-hydrogen) atoms. The van der Waals surface area contributed by atoms with Gasteiger partial charge < -0.3 is 5.32 Å². The van der Waals surface area contributed by atoms with Crippen molar-refractivity contribution in [2.45, 2.75) is 19.9 Å². The monoisotopic (exact) mass is 334 g/mol. The molecular formula is C15H15BrN2O2. The molecule has 1 N–H and O–H groups in total. The number of anilines is 1. The Balaban J connectivity index is 2.17. The van der Waals surface area contributed by atoms with Crippen LogP contribution in [0.5, 0.6) is 0 Å². The molecule has 2 rings (SSSR count). The number of hydrogen-bond donors (Lipinski definition) is 1. The molecule has 5 heteroatoms. The van der Waals surface area contributed by atoms with Crippen LogP contribution in [0.2, 0.25) is 0 Å². The van der Waals surface area contributed by atoms with E-state index in [9.17, 15) is 10.1 Å². The van der Waals surface area contributed by atoms with Gasteiger partial charge in [-0.3, -0.25) is 10.1 Å². The van der Waals surface area contributed by atoms with E-state index in [1.165, 1.54) is 12.1 Å². The summed E-state index contributed by atoms with van der Waals surface area (Å²) in [5.74, 6) is 0. The van der Waals surface area contributed by atoms with E-state index in [2.05, 4.69) is 21.2 Å². The number of benzene rings is 2. The van der Waals surface area contributed by atoms with Crippen LogP contribution in [0.3, 0.4) is 0 Å². The number of nitrogens with one attached hydrogen (secondary N) is 1. The average molecular weight is 335 g/mol. The van der Waals surface area contributed by atoms with Crippen molar-refractivity contribution in [3.05, 3.63) is 68.2 Å². The van der Waals surface area contributed by atoms with Crippen molar-refractivity contribution in [2.24, 2.45) is 0 Å². The molecule has 0 fully saturated rings. The largest absolute Gasteiger partial charge is 0.378 e. The Bertz CT molecular complexity index is 626. The third kappa shape index (κ3) is 3.17. The van der Waals surface area contributed by atoms with Crippen LogP contribution < -0.4 is 5.32 Å². The highest BCUT2D eigenvalue weighted by Crippen LogP contribution is 2.27. The van der Waals surface area contributed by atoms with Crippen LogP contribution in [-0.4, -0.2) is 4.92 Å². The summed E-state index contributed by atoms with van der Waals surface area (Å²) in [7, 11) is 0. The van der Waals surface area contributed by atoms with Crippen LogP contribution in [0.1, 0.15) is 24.1 Å². The van der Waals surface area contributed by atoms with Crippen molar-refractivity contribution in [1.82, 2.24) is 0 Å². The molecular weight excluding hydrogens is 320 g/mol. The maximum Gasteiger partial charge on any atom is 0.269 e. The summed E-state index contributed by atoms with van der Waals surface area (Å²) < 4.78 is 1.05. The zero-order valence-corrected chi connectivity index (χ0v) is 12.8. The lowest BCUT2D eigenvalue weighted by Crippen LogP contribution is -2.07. The highest BCUT2D eigenvalue weighted by Gasteiger charge is 2.10. The number of rotatable bonds is 4. The van der Waals surface area contributed by atoms with E-state index in [1.807, 2.05) is 32.0 Å². The molecule has 0 saturated heterocycles. The van der Waals surface area contributed by atoms with Gasteiger partial charge in [0.1, 0.15) is 0 Å². The van der Waals surface area contributed by atoms with Crippen molar-refractivity contribution < 1.29 is 4.92 Å². The normalized spacial score (nSPS) is 11.9. The van der Waals surface area contributed by atoms with Gasteiger partial charge in [-0.25, -0.2) is 0 Å². The SMILES string of the molecule is Cc1c(Br)cccc1NC(C)c1ccc([N+](=O)[O-])cc1. The molecule has 0 aliphatic rings. The van der Waals surface area contributed by atoms with Crippen molar-refractivity contribution in [1.29, 1.82) is 0 Å². The van der Waals surface area contributed by atoms with Crippen LogP contribution in [0.15, 0.2) is 46.9 Å². The quantitative estimate of drug-likeness (QED) is 0.642.